The predicted octanol–water partition coefficient (Wildman–Crippen LogP) is 3.85. The Hall–Kier alpha value is -1.74. The van der Waals surface area contributed by atoms with Crippen LogP contribution in [-0.2, 0) is 6.18 Å². The maximum absolute atomic E-state index is 12.8. The van der Waals surface area contributed by atoms with E-state index < -0.39 is 17.8 Å². The summed E-state index contributed by atoms with van der Waals surface area (Å²) in [6, 6.07) is 6.95. The molecule has 1 aromatic heterocycles. The zero-order valence-corrected chi connectivity index (χ0v) is 15.6. The van der Waals surface area contributed by atoms with Crippen LogP contribution in [0, 0.1) is 0 Å². The quantitative estimate of drug-likeness (QED) is 0.534. The van der Waals surface area contributed by atoms with Crippen LogP contribution < -0.4 is 15.4 Å². The second-order valence-corrected chi connectivity index (χ2v) is 6.38. The van der Waals surface area contributed by atoms with E-state index in [1.165, 1.54) is 12.3 Å². The highest BCUT2D eigenvalue weighted by Gasteiger charge is 2.33. The third-order valence-electron chi connectivity index (χ3n) is 3.42. The summed E-state index contributed by atoms with van der Waals surface area (Å²) in [4.78, 5) is 3.71. The Morgan fingerprint density at radius 3 is 2.63 bits per heavy atom. The Bertz CT molecular complexity index is 748. The highest BCUT2D eigenvalue weighted by Crippen LogP contribution is 2.33. The van der Waals surface area contributed by atoms with Crippen molar-refractivity contribution in [2.75, 3.05) is 31.6 Å². The zero-order chi connectivity index (χ0) is 19.9. The normalized spacial score (nSPS) is 12.7. The van der Waals surface area contributed by atoms with E-state index in [0.29, 0.717) is 22.3 Å². The van der Waals surface area contributed by atoms with Crippen LogP contribution in [0.25, 0.3) is 0 Å². The minimum Gasteiger partial charge on any atom is -0.491 e. The summed E-state index contributed by atoms with van der Waals surface area (Å²) in [6.45, 7) is 0.770. The number of alkyl halides is 3. The summed E-state index contributed by atoms with van der Waals surface area (Å²) in [5.74, 6) is 0.246. The van der Waals surface area contributed by atoms with Crippen molar-refractivity contribution < 1.29 is 23.0 Å². The third kappa shape index (κ3) is 7.06. The van der Waals surface area contributed by atoms with Gasteiger partial charge in [0.1, 0.15) is 24.3 Å². The minimum absolute atomic E-state index is 0.0247. The summed E-state index contributed by atoms with van der Waals surface area (Å²) in [7, 11) is 0. The Labute approximate surface area is 164 Å². The lowest BCUT2D eigenvalue weighted by molar-refractivity contribution is -0.137. The number of ether oxygens (including phenoxy) is 1. The number of pyridine rings is 1. The van der Waals surface area contributed by atoms with Crippen LogP contribution in [0.1, 0.15) is 5.56 Å². The summed E-state index contributed by atoms with van der Waals surface area (Å²) in [5.41, 5.74) is -0.819. The number of hydrogen-bond acceptors (Lipinski definition) is 5. The van der Waals surface area contributed by atoms with E-state index in [1.54, 1.807) is 18.2 Å². The van der Waals surface area contributed by atoms with E-state index in [-0.39, 0.29) is 25.5 Å². The molecule has 0 bridgehead atoms. The molecule has 0 fully saturated rings. The van der Waals surface area contributed by atoms with Gasteiger partial charge in [-0.25, -0.2) is 4.98 Å². The van der Waals surface area contributed by atoms with Crippen molar-refractivity contribution in [1.82, 2.24) is 10.3 Å². The maximum atomic E-state index is 12.8. The molecule has 27 heavy (non-hydrogen) atoms. The fourth-order valence-electron chi connectivity index (χ4n) is 2.13. The SMILES string of the molecule is O[C@H](CNCCNc1ncccc1C(F)(F)F)COc1ccc(Cl)c(Cl)c1. The smallest absolute Gasteiger partial charge is 0.419 e. The molecule has 5 nitrogen and oxygen atoms in total. The van der Waals surface area contributed by atoms with Gasteiger partial charge in [-0.05, 0) is 24.3 Å². The highest BCUT2D eigenvalue weighted by molar-refractivity contribution is 6.42. The molecular formula is C17H18Cl2F3N3O2. The minimum atomic E-state index is -4.47. The Balaban J connectivity index is 1.67. The number of aliphatic hydroxyl groups is 1. The van der Waals surface area contributed by atoms with Crippen LogP contribution in [0.5, 0.6) is 5.75 Å². The molecule has 0 saturated heterocycles. The predicted molar refractivity (Wildman–Crippen MR) is 98.6 cm³/mol. The summed E-state index contributed by atoms with van der Waals surface area (Å²) in [5, 5.41) is 16.2. The van der Waals surface area contributed by atoms with E-state index in [4.69, 9.17) is 27.9 Å². The van der Waals surface area contributed by atoms with Gasteiger partial charge >= 0.3 is 6.18 Å². The lowest BCUT2D eigenvalue weighted by atomic mass is 10.2. The first-order chi connectivity index (χ1) is 12.8. The van der Waals surface area contributed by atoms with Gasteiger partial charge in [-0.1, -0.05) is 23.2 Å². The van der Waals surface area contributed by atoms with E-state index in [0.717, 1.165) is 6.07 Å². The largest absolute Gasteiger partial charge is 0.491 e. The Kier molecular flexibility index (Phi) is 7.97. The molecule has 0 amide bonds. The molecule has 0 radical (unpaired) electrons. The first kappa shape index (κ1) is 21.6. The average molecular weight is 424 g/mol. The van der Waals surface area contributed by atoms with Gasteiger partial charge in [-0.2, -0.15) is 13.2 Å². The van der Waals surface area contributed by atoms with Crippen molar-refractivity contribution >= 4 is 29.0 Å². The van der Waals surface area contributed by atoms with Crippen LogP contribution in [0.4, 0.5) is 19.0 Å². The number of aromatic nitrogens is 1. The molecule has 1 aromatic carbocycles. The Morgan fingerprint density at radius 1 is 1.15 bits per heavy atom. The van der Waals surface area contributed by atoms with Gasteiger partial charge in [0, 0.05) is 31.9 Å². The molecule has 2 aromatic rings. The molecule has 148 valence electrons. The van der Waals surface area contributed by atoms with Gasteiger partial charge in [-0.15, -0.1) is 0 Å². The van der Waals surface area contributed by atoms with Gasteiger partial charge in [0.25, 0.3) is 0 Å². The zero-order valence-electron chi connectivity index (χ0n) is 14.1. The average Bonchev–Trinajstić information content (AvgIpc) is 2.62. The van der Waals surface area contributed by atoms with Crippen molar-refractivity contribution in [3.8, 4) is 5.75 Å². The number of aliphatic hydroxyl groups excluding tert-OH is 1. The van der Waals surface area contributed by atoms with Crippen molar-refractivity contribution in [2.45, 2.75) is 12.3 Å². The number of benzene rings is 1. The molecule has 0 saturated carbocycles. The molecule has 0 aliphatic rings. The second kappa shape index (κ2) is 9.98. The summed E-state index contributed by atoms with van der Waals surface area (Å²) in [6.07, 6.45) is -3.99. The van der Waals surface area contributed by atoms with Crippen LogP contribution in [-0.4, -0.2) is 42.4 Å². The van der Waals surface area contributed by atoms with Crippen molar-refractivity contribution in [1.29, 1.82) is 0 Å². The summed E-state index contributed by atoms with van der Waals surface area (Å²) >= 11 is 11.7. The number of hydrogen-bond donors (Lipinski definition) is 3. The van der Waals surface area contributed by atoms with Crippen LogP contribution in [0.3, 0.4) is 0 Å². The number of halogens is 5. The third-order valence-corrected chi connectivity index (χ3v) is 4.16. The molecule has 0 aliphatic carbocycles. The number of anilines is 1. The van der Waals surface area contributed by atoms with E-state index in [2.05, 4.69) is 15.6 Å². The number of nitrogens with zero attached hydrogens (tertiary/aromatic N) is 1. The topological polar surface area (TPSA) is 66.4 Å². The van der Waals surface area contributed by atoms with Gasteiger partial charge in [0.05, 0.1) is 15.6 Å². The van der Waals surface area contributed by atoms with Gasteiger partial charge in [-0.3, -0.25) is 0 Å². The molecule has 2 rings (SSSR count). The Morgan fingerprint density at radius 2 is 1.93 bits per heavy atom. The van der Waals surface area contributed by atoms with Crippen LogP contribution in [0.15, 0.2) is 36.5 Å². The van der Waals surface area contributed by atoms with Crippen molar-refractivity contribution in [3.63, 3.8) is 0 Å². The van der Waals surface area contributed by atoms with Gasteiger partial charge < -0.3 is 20.5 Å². The van der Waals surface area contributed by atoms with Crippen molar-refractivity contribution in [3.05, 3.63) is 52.1 Å². The van der Waals surface area contributed by atoms with E-state index in [9.17, 15) is 18.3 Å². The first-order valence-electron chi connectivity index (χ1n) is 8.00. The molecule has 1 atom stereocenters. The number of rotatable bonds is 9. The number of nitrogens with one attached hydrogen (secondary N) is 2. The summed E-state index contributed by atoms with van der Waals surface area (Å²) < 4.78 is 43.9. The molecule has 0 spiro atoms. The van der Waals surface area contributed by atoms with Crippen molar-refractivity contribution in [2.24, 2.45) is 0 Å². The molecule has 0 unspecified atom stereocenters. The maximum Gasteiger partial charge on any atom is 0.419 e. The lowest BCUT2D eigenvalue weighted by Crippen LogP contribution is -2.34. The molecule has 0 aliphatic heterocycles. The monoisotopic (exact) mass is 423 g/mol. The highest BCUT2D eigenvalue weighted by atomic mass is 35.5. The molecule has 10 heteroatoms. The van der Waals surface area contributed by atoms with Crippen LogP contribution in [0.2, 0.25) is 10.0 Å². The first-order valence-corrected chi connectivity index (χ1v) is 8.75. The molecule has 1 heterocycles. The van der Waals surface area contributed by atoms with Crippen LogP contribution >= 0.6 is 23.2 Å². The standard InChI is InChI=1S/C17H18Cl2F3N3O2/c18-14-4-3-12(8-15(14)19)27-10-11(26)9-23-6-7-25-16-13(17(20,21)22)2-1-5-24-16/h1-5,8,11,23,26H,6-7,9-10H2,(H,24,25)/t11-/m1/s1. The fraction of sp³-hybridized carbons (Fsp3) is 0.353. The van der Waals surface area contributed by atoms with E-state index >= 15 is 0 Å². The molecular weight excluding hydrogens is 406 g/mol. The van der Waals surface area contributed by atoms with Gasteiger partial charge in [0.15, 0.2) is 0 Å². The van der Waals surface area contributed by atoms with E-state index in [1.807, 2.05) is 0 Å². The molecule has 3 N–H and O–H groups in total. The second-order valence-electron chi connectivity index (χ2n) is 5.57. The fourth-order valence-corrected chi connectivity index (χ4v) is 2.42. The lowest BCUT2D eigenvalue weighted by Gasteiger charge is -2.15. The van der Waals surface area contributed by atoms with Gasteiger partial charge in [0.2, 0.25) is 0 Å².